The normalized spacial score (nSPS) is 13.9. The molecule has 20 heavy (non-hydrogen) atoms. The van der Waals surface area contributed by atoms with E-state index in [0.717, 1.165) is 16.7 Å². The SMILES string of the molecule is COc1cccc(C(C)(N)c2cc(C)ccc2C)c1F. The summed E-state index contributed by atoms with van der Waals surface area (Å²) >= 11 is 0. The van der Waals surface area contributed by atoms with Crippen molar-refractivity contribution in [2.45, 2.75) is 26.3 Å². The summed E-state index contributed by atoms with van der Waals surface area (Å²) in [6.45, 7) is 5.81. The van der Waals surface area contributed by atoms with Crippen LogP contribution in [0.3, 0.4) is 0 Å². The van der Waals surface area contributed by atoms with Gasteiger partial charge in [0.1, 0.15) is 0 Å². The number of hydrogen-bond acceptors (Lipinski definition) is 2. The van der Waals surface area contributed by atoms with Crippen molar-refractivity contribution in [3.63, 3.8) is 0 Å². The van der Waals surface area contributed by atoms with Crippen LogP contribution in [0.4, 0.5) is 4.39 Å². The highest BCUT2D eigenvalue weighted by Crippen LogP contribution is 2.34. The molecule has 0 aliphatic rings. The predicted octanol–water partition coefficient (Wildman–Crippen LogP) is 3.67. The molecular formula is C17H20FNO. The standard InChI is InChI=1S/C17H20FNO/c1-11-8-9-12(2)14(10-11)17(3,19)13-6-5-7-15(20-4)16(13)18/h5-10H,19H2,1-4H3. The van der Waals surface area contributed by atoms with Crippen LogP contribution in [0.15, 0.2) is 36.4 Å². The Hall–Kier alpha value is -1.87. The number of ether oxygens (including phenoxy) is 1. The lowest BCUT2D eigenvalue weighted by atomic mass is 9.82. The monoisotopic (exact) mass is 273 g/mol. The summed E-state index contributed by atoms with van der Waals surface area (Å²) in [5.41, 5.74) is 9.05. The number of halogens is 1. The van der Waals surface area contributed by atoms with Crippen molar-refractivity contribution in [3.05, 3.63) is 64.5 Å². The first-order chi connectivity index (χ1) is 9.37. The van der Waals surface area contributed by atoms with Gasteiger partial charge in [0.2, 0.25) is 0 Å². The second kappa shape index (κ2) is 5.25. The van der Waals surface area contributed by atoms with Crippen molar-refractivity contribution < 1.29 is 9.13 Å². The minimum absolute atomic E-state index is 0.212. The first-order valence-corrected chi connectivity index (χ1v) is 6.57. The van der Waals surface area contributed by atoms with Gasteiger partial charge in [-0.25, -0.2) is 4.39 Å². The van der Waals surface area contributed by atoms with E-state index in [1.165, 1.54) is 7.11 Å². The molecule has 0 saturated carbocycles. The topological polar surface area (TPSA) is 35.2 Å². The Morgan fingerprint density at radius 2 is 1.80 bits per heavy atom. The van der Waals surface area contributed by atoms with Gasteiger partial charge in [0.05, 0.1) is 12.6 Å². The lowest BCUT2D eigenvalue weighted by molar-refractivity contribution is 0.379. The van der Waals surface area contributed by atoms with Gasteiger partial charge in [0, 0.05) is 5.56 Å². The van der Waals surface area contributed by atoms with Crippen LogP contribution in [0.25, 0.3) is 0 Å². The van der Waals surface area contributed by atoms with Crippen molar-refractivity contribution in [1.82, 2.24) is 0 Å². The molecule has 0 aliphatic heterocycles. The number of rotatable bonds is 3. The molecule has 0 bridgehead atoms. The molecule has 0 spiro atoms. The van der Waals surface area contributed by atoms with E-state index >= 15 is 0 Å². The molecule has 0 saturated heterocycles. The molecule has 2 nitrogen and oxygen atoms in total. The smallest absolute Gasteiger partial charge is 0.170 e. The number of nitrogens with two attached hydrogens (primary N) is 1. The largest absolute Gasteiger partial charge is 0.494 e. The van der Waals surface area contributed by atoms with Crippen molar-refractivity contribution in [1.29, 1.82) is 0 Å². The summed E-state index contributed by atoms with van der Waals surface area (Å²) in [4.78, 5) is 0. The molecule has 0 heterocycles. The Bertz CT molecular complexity index is 635. The van der Waals surface area contributed by atoms with Crippen LogP contribution < -0.4 is 10.5 Å². The fourth-order valence-electron chi connectivity index (χ4n) is 2.51. The van der Waals surface area contributed by atoms with E-state index in [1.54, 1.807) is 18.2 Å². The third kappa shape index (κ3) is 2.41. The average Bonchev–Trinajstić information content (AvgIpc) is 2.41. The number of aryl methyl sites for hydroxylation is 2. The van der Waals surface area contributed by atoms with Gasteiger partial charge in [-0.05, 0) is 38.0 Å². The highest BCUT2D eigenvalue weighted by molar-refractivity contribution is 5.46. The minimum Gasteiger partial charge on any atom is -0.494 e. The molecule has 2 N–H and O–H groups in total. The molecule has 2 aromatic rings. The highest BCUT2D eigenvalue weighted by atomic mass is 19.1. The molecule has 0 aliphatic carbocycles. The zero-order valence-corrected chi connectivity index (χ0v) is 12.3. The van der Waals surface area contributed by atoms with E-state index in [0.29, 0.717) is 5.56 Å². The number of benzene rings is 2. The summed E-state index contributed by atoms with van der Waals surface area (Å²) in [5.74, 6) is -0.189. The first-order valence-electron chi connectivity index (χ1n) is 6.57. The fourth-order valence-corrected chi connectivity index (χ4v) is 2.51. The molecule has 1 unspecified atom stereocenters. The minimum atomic E-state index is -0.908. The van der Waals surface area contributed by atoms with Gasteiger partial charge in [-0.2, -0.15) is 0 Å². The molecule has 1 atom stereocenters. The van der Waals surface area contributed by atoms with Gasteiger partial charge < -0.3 is 10.5 Å². The van der Waals surface area contributed by atoms with Gasteiger partial charge >= 0.3 is 0 Å². The van der Waals surface area contributed by atoms with Crippen molar-refractivity contribution in [2.24, 2.45) is 5.73 Å². The summed E-state index contributed by atoms with van der Waals surface area (Å²) in [6, 6.07) is 11.1. The lowest BCUT2D eigenvalue weighted by Gasteiger charge is -2.29. The summed E-state index contributed by atoms with van der Waals surface area (Å²) < 4.78 is 19.5. The summed E-state index contributed by atoms with van der Waals surface area (Å²) in [6.07, 6.45) is 0. The molecule has 3 heteroatoms. The van der Waals surface area contributed by atoms with E-state index < -0.39 is 11.4 Å². The van der Waals surface area contributed by atoms with Crippen molar-refractivity contribution >= 4 is 0 Å². The Labute approximate surface area is 119 Å². The van der Waals surface area contributed by atoms with E-state index in [4.69, 9.17) is 10.5 Å². The molecule has 0 aromatic heterocycles. The van der Waals surface area contributed by atoms with Crippen LogP contribution in [0.2, 0.25) is 0 Å². The summed E-state index contributed by atoms with van der Waals surface area (Å²) in [5, 5.41) is 0. The van der Waals surface area contributed by atoms with E-state index in [9.17, 15) is 4.39 Å². The fraction of sp³-hybridized carbons (Fsp3) is 0.294. The molecule has 2 rings (SSSR count). The number of hydrogen-bond donors (Lipinski definition) is 1. The second-order valence-electron chi connectivity index (χ2n) is 5.34. The van der Waals surface area contributed by atoms with E-state index in [2.05, 4.69) is 0 Å². The summed E-state index contributed by atoms with van der Waals surface area (Å²) in [7, 11) is 1.45. The molecule has 2 aromatic carbocycles. The van der Waals surface area contributed by atoms with Gasteiger partial charge in [0.15, 0.2) is 11.6 Å². The lowest BCUT2D eigenvalue weighted by Crippen LogP contribution is -2.36. The molecular weight excluding hydrogens is 253 g/mol. The van der Waals surface area contributed by atoms with E-state index in [-0.39, 0.29) is 5.75 Å². The maximum atomic E-state index is 14.5. The van der Waals surface area contributed by atoms with E-state index in [1.807, 2.05) is 39.0 Å². The third-order valence-electron chi connectivity index (χ3n) is 3.70. The molecule has 0 amide bonds. The first kappa shape index (κ1) is 14.5. The quantitative estimate of drug-likeness (QED) is 0.926. The van der Waals surface area contributed by atoms with Crippen LogP contribution in [0, 0.1) is 19.7 Å². The Morgan fingerprint density at radius 1 is 1.10 bits per heavy atom. The van der Waals surface area contributed by atoms with Gasteiger partial charge in [0.25, 0.3) is 0 Å². The maximum Gasteiger partial charge on any atom is 0.170 e. The highest BCUT2D eigenvalue weighted by Gasteiger charge is 2.29. The average molecular weight is 273 g/mol. The molecule has 0 fully saturated rings. The van der Waals surface area contributed by atoms with Gasteiger partial charge in [-0.1, -0.05) is 35.9 Å². The van der Waals surface area contributed by atoms with Gasteiger partial charge in [-0.15, -0.1) is 0 Å². The van der Waals surface area contributed by atoms with Crippen molar-refractivity contribution in [3.8, 4) is 5.75 Å². The molecule has 106 valence electrons. The van der Waals surface area contributed by atoms with Crippen LogP contribution in [-0.4, -0.2) is 7.11 Å². The predicted molar refractivity (Wildman–Crippen MR) is 79.5 cm³/mol. The van der Waals surface area contributed by atoms with Crippen LogP contribution in [-0.2, 0) is 5.54 Å². The zero-order chi connectivity index (χ0) is 14.9. The van der Waals surface area contributed by atoms with Crippen molar-refractivity contribution in [2.75, 3.05) is 7.11 Å². The van der Waals surface area contributed by atoms with Crippen LogP contribution in [0.1, 0.15) is 29.2 Å². The number of methoxy groups -OCH3 is 1. The second-order valence-corrected chi connectivity index (χ2v) is 5.34. The Morgan fingerprint density at radius 3 is 2.45 bits per heavy atom. The van der Waals surface area contributed by atoms with Crippen LogP contribution >= 0.6 is 0 Å². The zero-order valence-electron chi connectivity index (χ0n) is 12.3. The maximum absolute atomic E-state index is 14.5. The Kier molecular flexibility index (Phi) is 3.82. The van der Waals surface area contributed by atoms with Crippen LogP contribution in [0.5, 0.6) is 5.75 Å². The third-order valence-corrected chi connectivity index (χ3v) is 3.70. The Balaban J connectivity index is 2.63. The molecule has 0 radical (unpaired) electrons. The van der Waals surface area contributed by atoms with Gasteiger partial charge in [-0.3, -0.25) is 0 Å².